The van der Waals surface area contributed by atoms with Crippen molar-refractivity contribution in [1.29, 1.82) is 0 Å². The smallest absolute Gasteiger partial charge is 0.240 e. The number of benzene rings is 3. The minimum atomic E-state index is -3.61. The van der Waals surface area contributed by atoms with Gasteiger partial charge in [-0.2, -0.15) is 0 Å². The van der Waals surface area contributed by atoms with Gasteiger partial charge in [0.15, 0.2) is 0 Å². The molecule has 0 fully saturated rings. The van der Waals surface area contributed by atoms with Gasteiger partial charge < -0.3 is 9.64 Å². The Morgan fingerprint density at radius 3 is 2.32 bits per heavy atom. The summed E-state index contributed by atoms with van der Waals surface area (Å²) in [6.07, 6.45) is 0. The Bertz CT molecular complexity index is 1030. The molecule has 1 N–H and O–H groups in total. The van der Waals surface area contributed by atoms with Crippen molar-refractivity contribution in [3.63, 3.8) is 0 Å². The second-order valence-corrected chi connectivity index (χ2v) is 8.57. The molecule has 0 spiro atoms. The van der Waals surface area contributed by atoms with E-state index in [0.717, 1.165) is 16.3 Å². The number of fused-ring (bicyclic) bond motifs is 1. The van der Waals surface area contributed by atoms with Crippen LogP contribution in [0.4, 0.5) is 0 Å². The molecule has 0 aliphatic heterocycles. The fourth-order valence-corrected chi connectivity index (χ4v) is 4.30. The highest BCUT2D eigenvalue weighted by atomic mass is 32.2. The van der Waals surface area contributed by atoms with Crippen LogP contribution in [0, 0.1) is 0 Å². The van der Waals surface area contributed by atoms with Gasteiger partial charge >= 0.3 is 0 Å². The molecule has 5 nitrogen and oxygen atoms in total. The Labute approximate surface area is 167 Å². The molecule has 0 aliphatic carbocycles. The van der Waals surface area contributed by atoms with Crippen molar-refractivity contribution in [2.75, 3.05) is 27.2 Å². The first kappa shape index (κ1) is 20.3. The lowest BCUT2D eigenvalue weighted by molar-refractivity contribution is 0.301. The molecule has 0 saturated carbocycles. The van der Waals surface area contributed by atoms with Gasteiger partial charge in [-0.05, 0) is 61.6 Å². The van der Waals surface area contributed by atoms with Crippen molar-refractivity contribution in [3.05, 3.63) is 72.3 Å². The van der Waals surface area contributed by atoms with Crippen LogP contribution >= 0.6 is 0 Å². The molecule has 0 heterocycles. The Balaban J connectivity index is 1.83. The first-order valence-electron chi connectivity index (χ1n) is 9.29. The molecular formula is C22H26N2O3S. The summed E-state index contributed by atoms with van der Waals surface area (Å²) in [4.78, 5) is 2.26. The van der Waals surface area contributed by atoms with Crippen LogP contribution in [-0.4, -0.2) is 40.6 Å². The van der Waals surface area contributed by atoms with Crippen LogP contribution in [-0.2, 0) is 10.0 Å². The predicted octanol–water partition coefficient (Wildman–Crippen LogP) is 3.82. The normalized spacial score (nSPS) is 13.0. The summed E-state index contributed by atoms with van der Waals surface area (Å²) < 4.78 is 33.6. The van der Waals surface area contributed by atoms with E-state index < -0.39 is 10.0 Å². The number of nitrogens with zero attached hydrogens (tertiary/aromatic N) is 1. The minimum absolute atomic E-state index is 0.0939. The van der Waals surface area contributed by atoms with Crippen LogP contribution in [0.5, 0.6) is 5.75 Å². The monoisotopic (exact) mass is 398 g/mol. The molecule has 6 heteroatoms. The number of nitrogens with one attached hydrogen (secondary N) is 1. The summed E-state index contributed by atoms with van der Waals surface area (Å²) in [6, 6.07) is 20.7. The quantitative estimate of drug-likeness (QED) is 0.627. The van der Waals surface area contributed by atoms with Crippen molar-refractivity contribution in [1.82, 2.24) is 9.62 Å². The molecule has 0 radical (unpaired) electrons. The fraction of sp³-hybridized carbons (Fsp3) is 0.273. The Morgan fingerprint density at radius 1 is 0.964 bits per heavy atom. The lowest BCUT2D eigenvalue weighted by atomic mass is 9.98. The number of hydrogen-bond acceptors (Lipinski definition) is 4. The van der Waals surface area contributed by atoms with Gasteiger partial charge in [-0.25, -0.2) is 13.1 Å². The lowest BCUT2D eigenvalue weighted by Gasteiger charge is -2.26. The van der Waals surface area contributed by atoms with Crippen LogP contribution < -0.4 is 9.46 Å². The summed E-state index contributed by atoms with van der Waals surface area (Å²) in [5.41, 5.74) is 1.09. The van der Waals surface area contributed by atoms with Crippen molar-refractivity contribution in [3.8, 4) is 5.75 Å². The molecule has 0 saturated heterocycles. The minimum Gasteiger partial charge on any atom is -0.494 e. The van der Waals surface area contributed by atoms with E-state index in [-0.39, 0.29) is 17.5 Å². The van der Waals surface area contributed by atoms with Gasteiger partial charge in [-0.1, -0.05) is 42.5 Å². The first-order valence-corrected chi connectivity index (χ1v) is 10.8. The number of likely N-dealkylation sites (N-methyl/N-ethyl adjacent to an activating group) is 1. The lowest BCUT2D eigenvalue weighted by Crippen LogP contribution is -2.34. The van der Waals surface area contributed by atoms with E-state index in [4.69, 9.17) is 4.74 Å². The van der Waals surface area contributed by atoms with Crippen molar-refractivity contribution >= 4 is 20.8 Å². The third kappa shape index (κ3) is 4.52. The number of ether oxygens (including phenoxy) is 1. The van der Waals surface area contributed by atoms with E-state index in [1.807, 2.05) is 44.1 Å². The summed E-state index contributed by atoms with van der Waals surface area (Å²) in [5, 5.41) is 2.27. The Hall–Kier alpha value is -2.41. The van der Waals surface area contributed by atoms with Gasteiger partial charge in [0.2, 0.25) is 10.0 Å². The zero-order chi connectivity index (χ0) is 20.1. The van der Waals surface area contributed by atoms with Gasteiger partial charge in [0.1, 0.15) is 5.75 Å². The Morgan fingerprint density at radius 2 is 1.64 bits per heavy atom. The van der Waals surface area contributed by atoms with Crippen LogP contribution in [0.25, 0.3) is 10.8 Å². The van der Waals surface area contributed by atoms with E-state index in [2.05, 4.69) is 29.0 Å². The molecule has 0 unspecified atom stereocenters. The van der Waals surface area contributed by atoms with Crippen LogP contribution in [0.3, 0.4) is 0 Å². The molecule has 0 aliphatic rings. The number of hydrogen-bond donors (Lipinski definition) is 1. The average molecular weight is 399 g/mol. The van der Waals surface area contributed by atoms with Crippen LogP contribution in [0.15, 0.2) is 71.6 Å². The number of sulfonamides is 1. The van der Waals surface area contributed by atoms with Crippen molar-refractivity contribution in [2.45, 2.75) is 17.9 Å². The second kappa shape index (κ2) is 8.73. The molecule has 0 amide bonds. The molecule has 0 bridgehead atoms. The molecule has 3 rings (SSSR count). The van der Waals surface area contributed by atoms with E-state index in [1.165, 1.54) is 0 Å². The van der Waals surface area contributed by atoms with Crippen LogP contribution in [0.2, 0.25) is 0 Å². The van der Waals surface area contributed by atoms with Gasteiger partial charge in [0, 0.05) is 12.6 Å². The topological polar surface area (TPSA) is 58.6 Å². The maximum Gasteiger partial charge on any atom is 0.240 e. The Kier molecular flexibility index (Phi) is 6.34. The largest absolute Gasteiger partial charge is 0.494 e. The molecule has 148 valence electrons. The van der Waals surface area contributed by atoms with E-state index in [9.17, 15) is 8.42 Å². The SMILES string of the molecule is CCOc1ccc(S(=O)(=O)NC[C@H](c2cccc3ccccc23)N(C)C)cc1. The summed E-state index contributed by atoms with van der Waals surface area (Å²) in [7, 11) is 0.298. The van der Waals surface area contributed by atoms with E-state index in [0.29, 0.717) is 12.4 Å². The van der Waals surface area contributed by atoms with Crippen LogP contribution in [0.1, 0.15) is 18.5 Å². The molecule has 1 atom stereocenters. The second-order valence-electron chi connectivity index (χ2n) is 6.80. The standard InChI is InChI=1S/C22H26N2O3S/c1-4-27-18-12-14-19(15-13-18)28(25,26)23-16-22(24(2)3)21-11-7-9-17-8-5-6-10-20(17)21/h5-15,22-23H,4,16H2,1-3H3/t22-/m1/s1. The molecular weight excluding hydrogens is 372 g/mol. The maximum absolute atomic E-state index is 12.8. The fourth-order valence-electron chi connectivity index (χ4n) is 3.27. The van der Waals surface area contributed by atoms with E-state index in [1.54, 1.807) is 24.3 Å². The predicted molar refractivity (Wildman–Crippen MR) is 113 cm³/mol. The molecule has 0 aromatic heterocycles. The highest BCUT2D eigenvalue weighted by molar-refractivity contribution is 7.89. The molecule has 3 aromatic carbocycles. The van der Waals surface area contributed by atoms with Crippen molar-refractivity contribution < 1.29 is 13.2 Å². The van der Waals surface area contributed by atoms with Gasteiger partial charge in [0.25, 0.3) is 0 Å². The average Bonchev–Trinajstić information content (AvgIpc) is 2.68. The van der Waals surface area contributed by atoms with Gasteiger partial charge in [-0.15, -0.1) is 0 Å². The summed E-state index contributed by atoms with van der Waals surface area (Å²) >= 11 is 0. The maximum atomic E-state index is 12.8. The third-order valence-corrected chi connectivity index (χ3v) is 6.16. The molecule has 28 heavy (non-hydrogen) atoms. The van der Waals surface area contributed by atoms with Gasteiger partial charge in [-0.3, -0.25) is 0 Å². The zero-order valence-corrected chi connectivity index (χ0v) is 17.2. The first-order chi connectivity index (χ1) is 13.4. The van der Waals surface area contributed by atoms with E-state index >= 15 is 0 Å². The van der Waals surface area contributed by atoms with Crippen molar-refractivity contribution in [2.24, 2.45) is 0 Å². The zero-order valence-electron chi connectivity index (χ0n) is 16.4. The number of rotatable bonds is 8. The molecule has 3 aromatic rings. The van der Waals surface area contributed by atoms with Gasteiger partial charge in [0.05, 0.1) is 11.5 Å². The third-order valence-electron chi connectivity index (χ3n) is 4.72. The highest BCUT2D eigenvalue weighted by Gasteiger charge is 2.21. The highest BCUT2D eigenvalue weighted by Crippen LogP contribution is 2.27. The summed E-state index contributed by atoms with van der Waals surface area (Å²) in [5.74, 6) is 0.656. The summed E-state index contributed by atoms with van der Waals surface area (Å²) in [6.45, 7) is 2.71.